The van der Waals surface area contributed by atoms with E-state index in [4.69, 9.17) is 18.9 Å². The van der Waals surface area contributed by atoms with Crippen molar-refractivity contribution in [2.24, 2.45) is 11.8 Å². The van der Waals surface area contributed by atoms with Gasteiger partial charge in [-0.15, -0.1) is 0 Å². The third-order valence-electron chi connectivity index (χ3n) is 10.1. The summed E-state index contributed by atoms with van der Waals surface area (Å²) in [6.07, 6.45) is 11.0. The molecule has 0 unspecified atom stereocenters. The maximum atomic E-state index is 13.1. The fourth-order valence-electron chi connectivity index (χ4n) is 6.65. The first-order valence-corrected chi connectivity index (χ1v) is 19.4. The van der Waals surface area contributed by atoms with Crippen molar-refractivity contribution in [2.75, 3.05) is 13.2 Å². The van der Waals surface area contributed by atoms with Crippen LogP contribution in [0.2, 0.25) is 0 Å². The molecular weight excluding hydrogens is 673 g/mol. The molecule has 1 aliphatic rings. The molecule has 2 atom stereocenters. The Hall–Kier alpha value is -5.10. The smallest absolute Gasteiger partial charge is 0.343 e. The molecule has 0 saturated heterocycles. The monoisotopic (exact) mass is 728 g/mol. The molecule has 4 aromatic rings. The molecular formula is C48H56O6. The van der Waals surface area contributed by atoms with E-state index < -0.39 is 11.9 Å². The van der Waals surface area contributed by atoms with Gasteiger partial charge in [0.25, 0.3) is 0 Å². The average molecular weight is 729 g/mol. The molecule has 4 aromatic carbocycles. The zero-order valence-electron chi connectivity index (χ0n) is 33.1. The predicted octanol–water partition coefficient (Wildman–Crippen LogP) is 12.6. The standard InChI is InChI=1S/C48H56O6/c1-32(2)10-8-12-34(5)26-28-51-39-18-14-37(15-19-39)47(49)53-41-22-24-43-44-25-23-42(31-46(44)36(7)45(43)30-41)54-48(50)38-16-20-40(21-17-38)52-29-27-35(6)13-9-11-33(3)4/h10-11,14-25,30-31,34-36H,8-9,12-13,26-29H2,1-7H3/t34-,35-/m0/s1. The lowest BCUT2D eigenvalue weighted by molar-refractivity contribution is 0.0725. The Morgan fingerprint density at radius 1 is 0.556 bits per heavy atom. The van der Waals surface area contributed by atoms with Crippen LogP contribution in [0, 0.1) is 11.8 Å². The Balaban J connectivity index is 1.11. The lowest BCUT2D eigenvalue weighted by Crippen LogP contribution is -2.09. The lowest BCUT2D eigenvalue weighted by atomic mass is 9.99. The van der Waals surface area contributed by atoms with Crippen LogP contribution in [0.1, 0.15) is 125 Å². The number of hydrogen-bond acceptors (Lipinski definition) is 6. The lowest BCUT2D eigenvalue weighted by Gasteiger charge is -2.12. The summed E-state index contributed by atoms with van der Waals surface area (Å²) >= 11 is 0. The fourth-order valence-corrected chi connectivity index (χ4v) is 6.65. The second-order valence-corrected chi connectivity index (χ2v) is 15.2. The number of carbonyl (C=O) groups is 2. The summed E-state index contributed by atoms with van der Waals surface area (Å²) in [5.41, 5.74) is 7.87. The topological polar surface area (TPSA) is 71.1 Å². The second-order valence-electron chi connectivity index (χ2n) is 15.2. The molecule has 0 heterocycles. The normalized spacial score (nSPS) is 12.9. The van der Waals surface area contributed by atoms with Gasteiger partial charge in [0, 0.05) is 5.92 Å². The molecule has 0 spiro atoms. The Kier molecular flexibility index (Phi) is 14.3. The van der Waals surface area contributed by atoms with Crippen molar-refractivity contribution >= 4 is 11.9 Å². The minimum atomic E-state index is -0.424. The molecule has 0 aliphatic heterocycles. The number of benzene rings is 4. The van der Waals surface area contributed by atoms with Gasteiger partial charge in [0.1, 0.15) is 23.0 Å². The van der Waals surface area contributed by atoms with Crippen molar-refractivity contribution in [1.82, 2.24) is 0 Å². The van der Waals surface area contributed by atoms with Gasteiger partial charge < -0.3 is 18.9 Å². The molecule has 0 fully saturated rings. The Bertz CT molecular complexity index is 1790. The molecule has 0 radical (unpaired) electrons. The summed E-state index contributed by atoms with van der Waals surface area (Å²) in [4.78, 5) is 26.1. The first-order chi connectivity index (χ1) is 26.0. The Morgan fingerprint density at radius 2 is 0.926 bits per heavy atom. The van der Waals surface area contributed by atoms with Crippen molar-refractivity contribution in [3.05, 3.63) is 130 Å². The van der Waals surface area contributed by atoms with Gasteiger partial charge in [-0.3, -0.25) is 0 Å². The Morgan fingerprint density at radius 3 is 1.30 bits per heavy atom. The van der Waals surface area contributed by atoms with E-state index >= 15 is 0 Å². The van der Waals surface area contributed by atoms with Crippen LogP contribution in [-0.2, 0) is 0 Å². The van der Waals surface area contributed by atoms with Gasteiger partial charge in [-0.05, 0) is 173 Å². The summed E-state index contributed by atoms with van der Waals surface area (Å²) in [6.45, 7) is 16.4. The summed E-state index contributed by atoms with van der Waals surface area (Å²) in [5, 5.41) is 0. The molecule has 54 heavy (non-hydrogen) atoms. The van der Waals surface area contributed by atoms with E-state index in [2.05, 4.69) is 60.6 Å². The number of esters is 2. The average Bonchev–Trinajstić information content (AvgIpc) is 3.41. The highest BCUT2D eigenvalue weighted by Gasteiger charge is 2.27. The summed E-state index contributed by atoms with van der Waals surface area (Å²) < 4.78 is 23.5. The van der Waals surface area contributed by atoms with Crippen LogP contribution in [-0.4, -0.2) is 25.2 Å². The molecule has 5 rings (SSSR count). The van der Waals surface area contributed by atoms with Crippen LogP contribution in [0.5, 0.6) is 23.0 Å². The highest BCUT2D eigenvalue weighted by Crippen LogP contribution is 2.47. The maximum Gasteiger partial charge on any atom is 0.343 e. The summed E-state index contributed by atoms with van der Waals surface area (Å²) in [6, 6.07) is 25.7. The zero-order chi connectivity index (χ0) is 38.6. The molecule has 6 nitrogen and oxygen atoms in total. The van der Waals surface area contributed by atoms with Crippen LogP contribution in [0.3, 0.4) is 0 Å². The van der Waals surface area contributed by atoms with Crippen molar-refractivity contribution in [2.45, 2.75) is 92.9 Å². The van der Waals surface area contributed by atoms with E-state index in [1.54, 1.807) is 24.3 Å². The van der Waals surface area contributed by atoms with Gasteiger partial charge in [-0.25, -0.2) is 9.59 Å². The minimum Gasteiger partial charge on any atom is -0.494 e. The molecule has 1 aliphatic carbocycles. The highest BCUT2D eigenvalue weighted by molar-refractivity contribution is 5.92. The first-order valence-electron chi connectivity index (χ1n) is 19.4. The van der Waals surface area contributed by atoms with Crippen LogP contribution < -0.4 is 18.9 Å². The van der Waals surface area contributed by atoms with Crippen molar-refractivity contribution < 1.29 is 28.5 Å². The minimum absolute atomic E-state index is 0.0186. The fraction of sp³-hybridized carbons (Fsp3) is 0.375. The van der Waals surface area contributed by atoms with E-state index in [-0.39, 0.29) is 5.92 Å². The van der Waals surface area contributed by atoms with E-state index in [9.17, 15) is 9.59 Å². The number of allylic oxidation sites excluding steroid dienone is 4. The van der Waals surface area contributed by atoms with Crippen molar-refractivity contribution in [1.29, 1.82) is 0 Å². The van der Waals surface area contributed by atoms with E-state index in [1.807, 2.05) is 60.7 Å². The van der Waals surface area contributed by atoms with Gasteiger partial charge in [-0.1, -0.05) is 56.2 Å². The van der Waals surface area contributed by atoms with Gasteiger partial charge in [-0.2, -0.15) is 0 Å². The molecule has 6 heteroatoms. The van der Waals surface area contributed by atoms with Gasteiger partial charge in [0.15, 0.2) is 0 Å². The Labute approximate surface area is 322 Å². The third-order valence-corrected chi connectivity index (χ3v) is 10.1. The van der Waals surface area contributed by atoms with E-state index in [0.29, 0.717) is 47.7 Å². The van der Waals surface area contributed by atoms with Crippen molar-refractivity contribution in [3.8, 4) is 34.1 Å². The van der Waals surface area contributed by atoms with Gasteiger partial charge in [0.05, 0.1) is 24.3 Å². The molecule has 0 N–H and O–H groups in total. The number of hydrogen-bond donors (Lipinski definition) is 0. The maximum absolute atomic E-state index is 13.1. The first kappa shape index (κ1) is 40.1. The SMILES string of the molecule is CC(C)=CCC[C@H](C)CCOc1ccc(C(=O)Oc2ccc3c(c2)C(C)c2cc(OC(=O)c4ccc(OCC[C@@H](C)CCC=C(C)C)cc4)ccc2-3)cc1. The van der Waals surface area contributed by atoms with Gasteiger partial charge in [0.2, 0.25) is 0 Å². The third kappa shape index (κ3) is 11.4. The molecule has 0 amide bonds. The highest BCUT2D eigenvalue weighted by atomic mass is 16.5. The summed E-state index contributed by atoms with van der Waals surface area (Å²) in [5.74, 6) is 2.77. The molecule has 284 valence electrons. The van der Waals surface area contributed by atoms with Gasteiger partial charge >= 0.3 is 11.9 Å². The largest absolute Gasteiger partial charge is 0.494 e. The summed E-state index contributed by atoms with van der Waals surface area (Å²) in [7, 11) is 0. The van der Waals surface area contributed by atoms with E-state index in [0.717, 1.165) is 72.3 Å². The number of ether oxygens (including phenoxy) is 4. The number of fused-ring (bicyclic) bond motifs is 3. The second kappa shape index (κ2) is 19.3. The molecule has 0 bridgehead atoms. The zero-order valence-corrected chi connectivity index (χ0v) is 33.1. The number of carbonyl (C=O) groups excluding carboxylic acids is 2. The quantitative estimate of drug-likeness (QED) is 0.0577. The molecule has 0 aromatic heterocycles. The van der Waals surface area contributed by atoms with Crippen LogP contribution in [0.25, 0.3) is 11.1 Å². The molecule has 0 saturated carbocycles. The number of rotatable bonds is 18. The van der Waals surface area contributed by atoms with Crippen LogP contribution in [0.15, 0.2) is 108 Å². The van der Waals surface area contributed by atoms with E-state index in [1.165, 1.54) is 11.1 Å². The predicted molar refractivity (Wildman–Crippen MR) is 218 cm³/mol. The van der Waals surface area contributed by atoms with Crippen LogP contribution in [0.4, 0.5) is 0 Å². The van der Waals surface area contributed by atoms with Crippen molar-refractivity contribution in [3.63, 3.8) is 0 Å². The van der Waals surface area contributed by atoms with Crippen LogP contribution >= 0.6 is 0 Å².